The van der Waals surface area contributed by atoms with Gasteiger partial charge in [-0.3, -0.25) is 4.79 Å². The molecule has 0 bridgehead atoms. The van der Waals surface area contributed by atoms with Crippen LogP contribution in [0.25, 0.3) is 5.57 Å². The summed E-state index contributed by atoms with van der Waals surface area (Å²) in [5.41, 5.74) is 4.02. The van der Waals surface area contributed by atoms with E-state index in [1.54, 1.807) is 27.0 Å². The van der Waals surface area contributed by atoms with Crippen LogP contribution in [0.4, 0.5) is 4.39 Å². The van der Waals surface area contributed by atoms with Gasteiger partial charge in [0.25, 0.3) is 0 Å². The number of aliphatic carboxylic acids is 1. The van der Waals surface area contributed by atoms with Gasteiger partial charge in [-0.15, -0.1) is 0 Å². The van der Waals surface area contributed by atoms with Crippen LogP contribution in [0.2, 0.25) is 0 Å². The second-order valence-corrected chi connectivity index (χ2v) is 9.24. The molecule has 0 aliphatic carbocycles. The maximum Gasteiger partial charge on any atom is 0.310 e. The fourth-order valence-corrected chi connectivity index (χ4v) is 4.60. The van der Waals surface area contributed by atoms with Crippen LogP contribution >= 0.6 is 0 Å². The minimum absolute atomic E-state index is 0.193. The molecule has 0 atom stereocenters. The topological polar surface area (TPSA) is 68.2 Å². The lowest BCUT2D eigenvalue weighted by Gasteiger charge is -2.34. The molecule has 2 aliphatic rings. The standard InChI is InChI=1S/C26H30FNO5/c1-26(2,25(29)30)15-28-9-7-16(8-10-28)24-19-13-23(32-4)21(27)11-17(19)14-33-22-6-5-18(31-3)12-20(22)24/h5-6,11-13H,7-10,14-15H2,1-4H3,(H,29,30). The third-order valence-corrected chi connectivity index (χ3v) is 6.50. The van der Waals surface area contributed by atoms with Crippen LogP contribution in [0.3, 0.4) is 0 Å². The minimum Gasteiger partial charge on any atom is -0.497 e. The summed E-state index contributed by atoms with van der Waals surface area (Å²) < 4.78 is 31.4. The number of nitrogens with zero attached hydrogens (tertiary/aromatic N) is 1. The molecule has 4 rings (SSSR count). The molecular weight excluding hydrogens is 425 g/mol. The molecule has 33 heavy (non-hydrogen) atoms. The quantitative estimate of drug-likeness (QED) is 0.702. The van der Waals surface area contributed by atoms with Crippen molar-refractivity contribution in [2.45, 2.75) is 33.3 Å². The van der Waals surface area contributed by atoms with E-state index < -0.39 is 17.2 Å². The van der Waals surface area contributed by atoms with Gasteiger partial charge < -0.3 is 24.2 Å². The van der Waals surface area contributed by atoms with Crippen molar-refractivity contribution in [2.75, 3.05) is 33.9 Å². The molecule has 1 saturated heterocycles. The molecule has 0 saturated carbocycles. The summed E-state index contributed by atoms with van der Waals surface area (Å²) in [5.74, 6) is 0.422. The second-order valence-electron chi connectivity index (χ2n) is 9.24. The third kappa shape index (κ3) is 4.55. The van der Waals surface area contributed by atoms with Gasteiger partial charge in [-0.1, -0.05) is 5.57 Å². The molecule has 6 nitrogen and oxygen atoms in total. The fourth-order valence-electron chi connectivity index (χ4n) is 4.60. The zero-order valence-electron chi connectivity index (χ0n) is 19.5. The lowest BCUT2D eigenvalue weighted by molar-refractivity contribution is -0.148. The summed E-state index contributed by atoms with van der Waals surface area (Å²) in [6.45, 7) is 5.77. The van der Waals surface area contributed by atoms with Gasteiger partial charge in [0.15, 0.2) is 11.6 Å². The van der Waals surface area contributed by atoms with Gasteiger partial charge in [0.2, 0.25) is 0 Å². The van der Waals surface area contributed by atoms with Crippen molar-refractivity contribution in [3.05, 3.63) is 58.4 Å². The van der Waals surface area contributed by atoms with Crippen molar-refractivity contribution in [1.29, 1.82) is 0 Å². The molecule has 1 N–H and O–H groups in total. The number of ether oxygens (including phenoxy) is 3. The predicted octanol–water partition coefficient (Wildman–Crippen LogP) is 4.74. The molecule has 176 valence electrons. The van der Waals surface area contributed by atoms with Crippen molar-refractivity contribution < 1.29 is 28.5 Å². The molecule has 0 aromatic heterocycles. The van der Waals surface area contributed by atoms with E-state index in [4.69, 9.17) is 14.2 Å². The number of hydrogen-bond acceptors (Lipinski definition) is 5. The number of carboxylic acids is 1. The smallest absolute Gasteiger partial charge is 0.310 e. The number of halogens is 1. The average Bonchev–Trinajstić information content (AvgIpc) is 2.94. The zero-order chi connectivity index (χ0) is 23.8. The van der Waals surface area contributed by atoms with Crippen LogP contribution in [-0.4, -0.2) is 49.8 Å². The highest BCUT2D eigenvalue weighted by molar-refractivity contribution is 5.88. The van der Waals surface area contributed by atoms with E-state index in [-0.39, 0.29) is 12.4 Å². The SMILES string of the molecule is COc1ccc2c(c1)C(=C1CCN(CC(C)(C)C(=O)O)CC1)c1cc(OC)c(F)cc1CO2. The van der Waals surface area contributed by atoms with Crippen LogP contribution in [0.15, 0.2) is 35.9 Å². The molecule has 2 aromatic carbocycles. The Morgan fingerprint density at radius 1 is 1.12 bits per heavy atom. The summed E-state index contributed by atoms with van der Waals surface area (Å²) in [6.07, 6.45) is 1.56. The number of benzene rings is 2. The number of methoxy groups -OCH3 is 2. The van der Waals surface area contributed by atoms with Crippen LogP contribution in [0.5, 0.6) is 17.2 Å². The molecule has 2 aromatic rings. The van der Waals surface area contributed by atoms with Crippen molar-refractivity contribution in [1.82, 2.24) is 4.90 Å². The molecule has 0 amide bonds. The molecule has 7 heteroatoms. The monoisotopic (exact) mass is 455 g/mol. The lowest BCUT2D eigenvalue weighted by Crippen LogP contribution is -2.42. The number of piperidine rings is 1. The molecule has 2 aliphatic heterocycles. The third-order valence-electron chi connectivity index (χ3n) is 6.50. The van der Waals surface area contributed by atoms with Gasteiger partial charge >= 0.3 is 5.97 Å². The summed E-state index contributed by atoms with van der Waals surface area (Å²) in [7, 11) is 3.09. The Morgan fingerprint density at radius 2 is 1.85 bits per heavy atom. The Bertz CT molecular complexity index is 1100. The number of likely N-dealkylation sites (tertiary alicyclic amines) is 1. The van der Waals surface area contributed by atoms with Gasteiger partial charge in [-0.2, -0.15) is 0 Å². The first kappa shape index (κ1) is 23.1. The summed E-state index contributed by atoms with van der Waals surface area (Å²) >= 11 is 0. The Labute approximate surface area is 193 Å². The van der Waals surface area contributed by atoms with Crippen molar-refractivity contribution >= 4 is 11.5 Å². The van der Waals surface area contributed by atoms with E-state index in [2.05, 4.69) is 4.90 Å². The van der Waals surface area contributed by atoms with Crippen LogP contribution in [0.1, 0.15) is 43.4 Å². The highest BCUT2D eigenvalue weighted by Crippen LogP contribution is 2.44. The van der Waals surface area contributed by atoms with E-state index in [0.29, 0.717) is 12.3 Å². The van der Waals surface area contributed by atoms with E-state index in [1.807, 2.05) is 18.2 Å². The molecular formula is C26H30FNO5. The minimum atomic E-state index is -0.807. The maximum absolute atomic E-state index is 14.5. The summed E-state index contributed by atoms with van der Waals surface area (Å²) in [5, 5.41) is 9.49. The average molecular weight is 456 g/mol. The first-order valence-corrected chi connectivity index (χ1v) is 11.1. The summed E-state index contributed by atoms with van der Waals surface area (Å²) in [6, 6.07) is 8.95. The van der Waals surface area contributed by atoms with Crippen LogP contribution in [0, 0.1) is 11.2 Å². The fraction of sp³-hybridized carbons (Fsp3) is 0.423. The van der Waals surface area contributed by atoms with Crippen LogP contribution in [-0.2, 0) is 11.4 Å². The van der Waals surface area contributed by atoms with Crippen molar-refractivity contribution in [3.63, 3.8) is 0 Å². The largest absolute Gasteiger partial charge is 0.497 e. The lowest BCUT2D eigenvalue weighted by atomic mass is 9.85. The number of rotatable bonds is 5. The van der Waals surface area contributed by atoms with Crippen molar-refractivity contribution in [3.8, 4) is 17.2 Å². The van der Waals surface area contributed by atoms with Gasteiger partial charge in [0.05, 0.1) is 19.6 Å². The predicted molar refractivity (Wildman–Crippen MR) is 123 cm³/mol. The molecule has 0 spiro atoms. The highest BCUT2D eigenvalue weighted by Gasteiger charge is 2.32. The molecule has 0 unspecified atom stereocenters. The number of carboxylic acid groups (broad SMARTS) is 1. The van der Waals surface area contributed by atoms with E-state index in [9.17, 15) is 14.3 Å². The van der Waals surface area contributed by atoms with E-state index in [1.165, 1.54) is 18.7 Å². The van der Waals surface area contributed by atoms with Gasteiger partial charge in [-0.05, 0) is 68.2 Å². The normalized spacial score (nSPS) is 16.4. The zero-order valence-corrected chi connectivity index (χ0v) is 19.5. The Kier molecular flexibility index (Phi) is 6.34. The molecule has 2 heterocycles. The first-order chi connectivity index (χ1) is 15.7. The van der Waals surface area contributed by atoms with Gasteiger partial charge in [-0.25, -0.2) is 4.39 Å². The van der Waals surface area contributed by atoms with Crippen LogP contribution < -0.4 is 14.2 Å². The molecule has 0 radical (unpaired) electrons. The molecule has 1 fully saturated rings. The second kappa shape index (κ2) is 9.06. The number of carbonyl (C=O) groups is 1. The Hall–Kier alpha value is -3.06. The number of fused-ring (bicyclic) bond motifs is 2. The number of hydrogen-bond donors (Lipinski definition) is 1. The Balaban J connectivity index is 1.78. The van der Waals surface area contributed by atoms with E-state index >= 15 is 0 Å². The van der Waals surface area contributed by atoms with Crippen molar-refractivity contribution in [2.24, 2.45) is 5.41 Å². The van der Waals surface area contributed by atoms with Gasteiger partial charge in [0, 0.05) is 30.8 Å². The Morgan fingerprint density at radius 3 is 2.48 bits per heavy atom. The van der Waals surface area contributed by atoms with Gasteiger partial charge in [0.1, 0.15) is 18.1 Å². The summed E-state index contributed by atoms with van der Waals surface area (Å²) in [4.78, 5) is 13.8. The first-order valence-electron chi connectivity index (χ1n) is 11.1. The highest BCUT2D eigenvalue weighted by atomic mass is 19.1. The maximum atomic E-state index is 14.5. The van der Waals surface area contributed by atoms with E-state index in [0.717, 1.165) is 53.9 Å².